The quantitative estimate of drug-likeness (QED) is 0.0337. The van der Waals surface area contributed by atoms with E-state index in [2.05, 4.69) is 194 Å². The van der Waals surface area contributed by atoms with Gasteiger partial charge in [-0.2, -0.15) is 0 Å². The number of hydrogen-bond donors (Lipinski definition) is 1. The molecule has 0 aliphatic carbocycles. The summed E-state index contributed by atoms with van der Waals surface area (Å²) in [5, 5.41) is 9.69. The second-order valence-electron chi connectivity index (χ2n) is 20.0. The maximum absolute atomic E-state index is 8.72. The van der Waals surface area contributed by atoms with Gasteiger partial charge in [-0.25, -0.2) is 0 Å². The first-order chi connectivity index (χ1) is 32.3. The SMILES string of the molecule is C1CCOC1.CC(C)=CCC/C(C)=C/CC/C(C)=C/CBr.CC(C)=CCC/C(C)=C/CC/C(C)=C/CO.CC(C)=CCC/C(C)=C/CC/C(C)=C/COC/C=C(\C)CC/C=C(\C)CCC=C(C)C.[H-].[Na+]. The van der Waals surface area contributed by atoms with Crippen LogP contribution in [-0.2, 0) is 9.47 Å². The summed E-state index contributed by atoms with van der Waals surface area (Å²) < 4.78 is 10.7. The molecule has 69 heavy (non-hydrogen) atoms. The Hall–Kier alpha value is -1.76. The van der Waals surface area contributed by atoms with Crippen molar-refractivity contribution in [2.45, 2.75) is 226 Å². The molecule has 1 aliphatic rings. The second kappa shape index (κ2) is 54.0. The van der Waals surface area contributed by atoms with Crippen LogP contribution in [0.5, 0.6) is 0 Å². The van der Waals surface area contributed by atoms with E-state index >= 15 is 0 Å². The van der Waals surface area contributed by atoms with E-state index in [0.29, 0.717) is 13.2 Å². The molecule has 0 aromatic rings. The summed E-state index contributed by atoms with van der Waals surface area (Å²) in [6.45, 7) is 38.5. The van der Waals surface area contributed by atoms with E-state index in [9.17, 15) is 0 Å². The average molecular weight is 1030 g/mol. The first-order valence-electron chi connectivity index (χ1n) is 26.4. The topological polar surface area (TPSA) is 38.7 Å². The summed E-state index contributed by atoms with van der Waals surface area (Å²) in [6, 6.07) is 0. The Morgan fingerprint density at radius 2 is 0.609 bits per heavy atom. The molecule has 0 saturated carbocycles. The summed E-state index contributed by atoms with van der Waals surface area (Å²) >= 11 is 3.42. The van der Waals surface area contributed by atoms with Crippen LogP contribution in [0.2, 0.25) is 0 Å². The van der Waals surface area contributed by atoms with Crippen LogP contribution >= 0.6 is 15.9 Å². The van der Waals surface area contributed by atoms with Crippen molar-refractivity contribution in [3.8, 4) is 0 Å². The molecule has 1 N–H and O–H groups in total. The molecular formula is C64H110BrNaO3. The monoisotopic (exact) mass is 1030 g/mol. The van der Waals surface area contributed by atoms with Crippen molar-refractivity contribution in [3.05, 3.63) is 140 Å². The Morgan fingerprint density at radius 3 is 0.826 bits per heavy atom. The van der Waals surface area contributed by atoms with E-state index < -0.39 is 0 Å². The fourth-order valence-corrected chi connectivity index (χ4v) is 7.18. The van der Waals surface area contributed by atoms with Crippen LogP contribution in [0.4, 0.5) is 0 Å². The van der Waals surface area contributed by atoms with Crippen molar-refractivity contribution >= 4 is 15.9 Å². The van der Waals surface area contributed by atoms with Crippen molar-refractivity contribution in [1.29, 1.82) is 0 Å². The van der Waals surface area contributed by atoms with E-state index in [1.807, 2.05) is 6.08 Å². The Morgan fingerprint density at radius 1 is 0.377 bits per heavy atom. The third-order valence-electron chi connectivity index (χ3n) is 11.3. The smallest absolute Gasteiger partial charge is 1.00 e. The third-order valence-corrected chi connectivity index (χ3v) is 11.6. The van der Waals surface area contributed by atoms with E-state index in [1.54, 1.807) is 0 Å². The summed E-state index contributed by atoms with van der Waals surface area (Å²) in [6.07, 6.45) is 48.2. The van der Waals surface area contributed by atoms with E-state index in [0.717, 1.165) is 82.8 Å². The molecule has 0 amide bonds. The molecule has 1 fully saturated rings. The third kappa shape index (κ3) is 64.2. The zero-order chi connectivity index (χ0) is 51.8. The van der Waals surface area contributed by atoms with Crippen LogP contribution in [0.1, 0.15) is 228 Å². The Labute approximate surface area is 462 Å². The molecule has 0 aromatic carbocycles. The molecule has 3 nitrogen and oxygen atoms in total. The maximum Gasteiger partial charge on any atom is 1.00 e. The molecule has 1 heterocycles. The molecule has 0 spiro atoms. The fraction of sp³-hybridized carbons (Fsp3) is 0.625. The number of ether oxygens (including phenoxy) is 2. The van der Waals surface area contributed by atoms with E-state index in [4.69, 9.17) is 14.6 Å². The number of allylic oxidation sites excluding steroid dienone is 21. The van der Waals surface area contributed by atoms with Gasteiger partial charge in [0, 0.05) is 18.5 Å². The van der Waals surface area contributed by atoms with E-state index in [-0.39, 0.29) is 37.6 Å². The van der Waals surface area contributed by atoms with Crippen molar-refractivity contribution < 1.29 is 45.6 Å². The normalized spacial score (nSPS) is 13.7. The van der Waals surface area contributed by atoms with Crippen LogP contribution in [0, 0.1) is 0 Å². The number of alkyl halides is 1. The first kappa shape index (κ1) is 73.8. The minimum absolute atomic E-state index is 0. The van der Waals surface area contributed by atoms with Gasteiger partial charge in [-0.1, -0.05) is 156 Å². The van der Waals surface area contributed by atoms with Gasteiger partial charge in [0.2, 0.25) is 0 Å². The predicted molar refractivity (Wildman–Crippen MR) is 315 cm³/mol. The van der Waals surface area contributed by atoms with Gasteiger partial charge in [-0.3, -0.25) is 0 Å². The Balaban J connectivity index is -0.000000304. The fourth-order valence-electron chi connectivity index (χ4n) is 6.62. The molecule has 1 rings (SSSR count). The van der Waals surface area contributed by atoms with Gasteiger partial charge < -0.3 is 16.0 Å². The average Bonchev–Trinajstić information content (AvgIpc) is 3.85. The van der Waals surface area contributed by atoms with Crippen molar-refractivity contribution in [2.24, 2.45) is 0 Å². The standard InChI is InChI=1S/C30H50O.C15H25Br.C15H26O.C4H8O.Na.H/c1-25(2)13-9-15-27(5)17-11-19-29(7)21-23-31-24-22-30(8)20-12-18-28(6)16-10-14-26(3)4;2*1-13(2)7-5-8-14(3)9-6-10-15(4)11-12-16;1-2-4-5-3-1;;/h13-14,17-18,21-22H,9-12,15-16,19-20,23-24H2,1-8H3;7,9,11H,5-6,8,10,12H2,1-4H3;7,9,11,16H,5-6,8,10,12H2,1-4H3;1-4H2;;/q;;;;+1;-1/b27-17+,28-18+,29-21+,30-22+;2*14-9+,15-11+;;;. The van der Waals surface area contributed by atoms with Crippen LogP contribution in [0.15, 0.2) is 140 Å². The molecule has 1 aliphatic heterocycles. The zero-order valence-corrected chi connectivity index (χ0v) is 52.1. The minimum atomic E-state index is 0. The number of rotatable bonds is 30. The van der Waals surface area contributed by atoms with Crippen LogP contribution in [-0.4, -0.2) is 43.5 Å². The van der Waals surface area contributed by atoms with Gasteiger partial charge in [0.15, 0.2) is 0 Å². The van der Waals surface area contributed by atoms with Gasteiger partial charge in [-0.15, -0.1) is 0 Å². The van der Waals surface area contributed by atoms with Gasteiger partial charge in [0.25, 0.3) is 0 Å². The molecule has 0 atom stereocenters. The number of hydrogen-bond acceptors (Lipinski definition) is 3. The van der Waals surface area contributed by atoms with Crippen LogP contribution in [0.3, 0.4) is 0 Å². The van der Waals surface area contributed by atoms with Crippen molar-refractivity contribution in [2.75, 3.05) is 38.4 Å². The maximum atomic E-state index is 8.72. The van der Waals surface area contributed by atoms with Gasteiger partial charge >= 0.3 is 29.6 Å². The summed E-state index contributed by atoms with van der Waals surface area (Å²) in [5.74, 6) is 0. The summed E-state index contributed by atoms with van der Waals surface area (Å²) in [4.78, 5) is 0. The molecule has 1 saturated heterocycles. The van der Waals surface area contributed by atoms with Crippen LogP contribution in [0.25, 0.3) is 0 Å². The molecule has 5 heteroatoms. The van der Waals surface area contributed by atoms with Crippen molar-refractivity contribution in [3.63, 3.8) is 0 Å². The summed E-state index contributed by atoms with van der Waals surface area (Å²) in [7, 11) is 0. The number of aliphatic hydroxyl groups excluding tert-OH is 1. The number of halogens is 1. The molecule has 0 aromatic heterocycles. The Bertz CT molecular complexity index is 1520. The molecular weight excluding hydrogens is 920 g/mol. The van der Waals surface area contributed by atoms with Gasteiger partial charge in [0.1, 0.15) is 0 Å². The van der Waals surface area contributed by atoms with Crippen LogP contribution < -0.4 is 29.6 Å². The molecule has 0 unspecified atom stereocenters. The van der Waals surface area contributed by atoms with Crippen molar-refractivity contribution in [1.82, 2.24) is 0 Å². The largest absolute Gasteiger partial charge is 1.00 e. The molecule has 0 bridgehead atoms. The first-order valence-corrected chi connectivity index (χ1v) is 27.6. The van der Waals surface area contributed by atoms with E-state index in [1.165, 1.54) is 118 Å². The van der Waals surface area contributed by atoms with Gasteiger partial charge in [0.05, 0.1) is 19.8 Å². The molecule has 392 valence electrons. The molecule has 0 radical (unpaired) electrons. The second-order valence-corrected chi connectivity index (χ2v) is 20.7. The Kier molecular flexibility index (Phi) is 57.8. The predicted octanol–water partition coefficient (Wildman–Crippen LogP) is 18.0. The summed E-state index contributed by atoms with van der Waals surface area (Å²) in [5.41, 5.74) is 17.2. The van der Waals surface area contributed by atoms with Gasteiger partial charge in [-0.05, 0) is 226 Å². The minimum Gasteiger partial charge on any atom is -1.00 e. The number of aliphatic hydroxyl groups is 1. The zero-order valence-electron chi connectivity index (χ0n) is 49.5.